The van der Waals surface area contributed by atoms with E-state index in [1.165, 1.54) is 27.8 Å². The highest BCUT2D eigenvalue weighted by Crippen LogP contribution is 2.56. The van der Waals surface area contributed by atoms with Gasteiger partial charge >= 0.3 is 0 Å². The molecule has 5 aliphatic rings. The minimum atomic E-state index is 0.0671. The molecule has 1 unspecified atom stereocenters. The molecule has 0 fully saturated rings. The first-order chi connectivity index (χ1) is 20.6. The van der Waals surface area contributed by atoms with Crippen molar-refractivity contribution in [2.75, 3.05) is 34.4 Å². The summed E-state index contributed by atoms with van der Waals surface area (Å²) in [6, 6.07) is 21.3. The zero-order chi connectivity index (χ0) is 28.4. The van der Waals surface area contributed by atoms with Crippen LogP contribution in [0.4, 0.5) is 0 Å². The molecule has 0 spiro atoms. The van der Waals surface area contributed by atoms with E-state index >= 15 is 0 Å². The molecule has 42 heavy (non-hydrogen) atoms. The van der Waals surface area contributed by atoms with Gasteiger partial charge in [0.2, 0.25) is 5.75 Å². The zero-order valence-electron chi connectivity index (χ0n) is 24.2. The van der Waals surface area contributed by atoms with Crippen molar-refractivity contribution in [3.05, 3.63) is 94.0 Å². The summed E-state index contributed by atoms with van der Waals surface area (Å²) in [4.78, 5) is 2.43. The fraction of sp³-hybridized carbons (Fsp3) is 0.314. The third-order valence-electron chi connectivity index (χ3n) is 9.18. The van der Waals surface area contributed by atoms with E-state index in [9.17, 15) is 0 Å². The summed E-state index contributed by atoms with van der Waals surface area (Å²) in [7, 11) is 5.58. The molecule has 0 aromatic heterocycles. The number of nitrogens with zero attached hydrogens (tertiary/aromatic N) is 1. The van der Waals surface area contributed by atoms with E-state index in [2.05, 4.69) is 59.7 Å². The molecule has 9 rings (SSSR count). The van der Waals surface area contributed by atoms with E-state index in [-0.39, 0.29) is 12.1 Å². The summed E-state index contributed by atoms with van der Waals surface area (Å²) < 4.78 is 31.4. The SMILES string of the molecule is COc1ccc2cc1Oc1ccc(cc1)CC1NCCc3cc(OC)c4c(c31)Oc1cc3c(cc1O4)CCN(C)[C@H]3C2. The number of benzene rings is 4. The maximum Gasteiger partial charge on any atom is 0.212 e. The van der Waals surface area contributed by atoms with Gasteiger partial charge in [-0.3, -0.25) is 4.90 Å². The summed E-state index contributed by atoms with van der Waals surface area (Å²) in [5.41, 5.74) is 7.33. The minimum absolute atomic E-state index is 0.0671. The summed E-state index contributed by atoms with van der Waals surface area (Å²) in [6.45, 7) is 1.85. The van der Waals surface area contributed by atoms with Gasteiger partial charge in [0.15, 0.2) is 34.5 Å². The fourth-order valence-electron chi connectivity index (χ4n) is 6.96. The average Bonchev–Trinajstić information content (AvgIpc) is 3.01. The highest BCUT2D eigenvalue weighted by molar-refractivity contribution is 5.67. The number of nitrogens with one attached hydrogen (secondary N) is 1. The Balaban J connectivity index is 1.32. The number of fused-ring (bicyclic) bond motifs is 2. The van der Waals surface area contributed by atoms with Crippen LogP contribution < -0.4 is 29.0 Å². The van der Waals surface area contributed by atoms with Crippen LogP contribution in [-0.4, -0.2) is 39.3 Å². The van der Waals surface area contributed by atoms with Crippen LogP contribution in [0.5, 0.6) is 46.0 Å². The van der Waals surface area contributed by atoms with E-state index in [0.29, 0.717) is 11.5 Å². The van der Waals surface area contributed by atoms with E-state index in [4.69, 9.17) is 23.7 Å². The fourth-order valence-corrected chi connectivity index (χ4v) is 6.96. The second kappa shape index (κ2) is 9.96. The number of rotatable bonds is 2. The van der Waals surface area contributed by atoms with Gasteiger partial charge in [0.05, 0.1) is 14.2 Å². The highest BCUT2D eigenvalue weighted by atomic mass is 16.6. The second-order valence-electron chi connectivity index (χ2n) is 11.7. The molecular formula is C35H34N2O5. The molecule has 0 saturated heterocycles. The molecule has 0 saturated carbocycles. The minimum Gasteiger partial charge on any atom is -0.493 e. The summed E-state index contributed by atoms with van der Waals surface area (Å²) >= 11 is 0. The van der Waals surface area contributed by atoms with Crippen molar-refractivity contribution < 1.29 is 23.7 Å². The number of hydrogen-bond donors (Lipinski definition) is 1. The van der Waals surface area contributed by atoms with Crippen molar-refractivity contribution in [1.82, 2.24) is 10.2 Å². The van der Waals surface area contributed by atoms with Crippen LogP contribution in [0, 0.1) is 0 Å². The summed E-state index contributed by atoms with van der Waals surface area (Å²) in [5.74, 6) is 5.85. The summed E-state index contributed by atoms with van der Waals surface area (Å²) in [5, 5.41) is 3.74. The molecule has 0 radical (unpaired) electrons. The van der Waals surface area contributed by atoms with Crippen molar-refractivity contribution in [3.8, 4) is 46.0 Å². The lowest BCUT2D eigenvalue weighted by atomic mass is 9.87. The molecule has 5 aliphatic heterocycles. The first-order valence-corrected chi connectivity index (χ1v) is 14.7. The largest absolute Gasteiger partial charge is 0.493 e. The van der Waals surface area contributed by atoms with Crippen LogP contribution in [0.2, 0.25) is 0 Å². The quantitative estimate of drug-likeness (QED) is 0.251. The van der Waals surface area contributed by atoms with Gasteiger partial charge < -0.3 is 29.0 Å². The molecule has 4 aromatic carbocycles. The smallest absolute Gasteiger partial charge is 0.212 e. The topological polar surface area (TPSA) is 61.4 Å². The predicted octanol–water partition coefficient (Wildman–Crippen LogP) is 6.91. The summed E-state index contributed by atoms with van der Waals surface area (Å²) in [6.07, 6.45) is 3.48. The van der Waals surface area contributed by atoms with Crippen LogP contribution in [0.15, 0.2) is 60.7 Å². The van der Waals surface area contributed by atoms with Gasteiger partial charge in [0.25, 0.3) is 0 Å². The van der Waals surface area contributed by atoms with Gasteiger partial charge in [-0.25, -0.2) is 0 Å². The van der Waals surface area contributed by atoms with Crippen LogP contribution in [0.1, 0.15) is 45.5 Å². The standard InChI is InChI=1S/C35H34N2O5/c1-37-13-11-22-17-30-31-19-25(22)27(37)15-21-6-9-28(38-2)29(16-21)40-24-7-4-20(5-8-24)14-26-33-23(10-12-36-26)18-32(39-3)34(41-30)35(33)42-31/h4-9,16-19,26-27,36H,10-15H2,1-3H3/t26?,27-/m0/s1. The zero-order valence-corrected chi connectivity index (χ0v) is 24.2. The van der Waals surface area contributed by atoms with Crippen molar-refractivity contribution in [2.45, 2.75) is 37.8 Å². The Morgan fingerprint density at radius 3 is 2.36 bits per heavy atom. The van der Waals surface area contributed by atoms with Crippen LogP contribution >= 0.6 is 0 Å². The van der Waals surface area contributed by atoms with Gasteiger partial charge in [-0.05, 0) is 110 Å². The van der Waals surface area contributed by atoms with Crippen molar-refractivity contribution in [1.29, 1.82) is 0 Å². The lowest BCUT2D eigenvalue weighted by Crippen LogP contribution is -2.33. The van der Waals surface area contributed by atoms with Crippen molar-refractivity contribution in [3.63, 3.8) is 0 Å². The highest BCUT2D eigenvalue weighted by Gasteiger charge is 2.35. The van der Waals surface area contributed by atoms with Crippen LogP contribution in [0.3, 0.4) is 0 Å². The molecule has 2 atom stereocenters. The molecule has 5 heterocycles. The maximum absolute atomic E-state index is 6.84. The molecule has 1 N–H and O–H groups in total. The number of methoxy groups -OCH3 is 2. The Labute approximate surface area is 245 Å². The third-order valence-corrected chi connectivity index (χ3v) is 9.18. The first-order valence-electron chi connectivity index (χ1n) is 14.7. The molecule has 0 amide bonds. The molecule has 4 aromatic rings. The normalized spacial score (nSPS) is 20.1. The van der Waals surface area contributed by atoms with Gasteiger partial charge in [-0.2, -0.15) is 0 Å². The monoisotopic (exact) mass is 562 g/mol. The predicted molar refractivity (Wildman–Crippen MR) is 160 cm³/mol. The van der Waals surface area contributed by atoms with Gasteiger partial charge in [0.1, 0.15) is 5.75 Å². The molecule has 7 bridgehead atoms. The first kappa shape index (κ1) is 25.5. The number of hydrogen-bond acceptors (Lipinski definition) is 7. The van der Waals surface area contributed by atoms with E-state index in [0.717, 1.165) is 78.8 Å². The van der Waals surface area contributed by atoms with E-state index < -0.39 is 0 Å². The van der Waals surface area contributed by atoms with Crippen molar-refractivity contribution in [2.24, 2.45) is 0 Å². The molecule has 214 valence electrons. The lowest BCUT2D eigenvalue weighted by Gasteiger charge is -2.37. The molecular weight excluding hydrogens is 528 g/mol. The maximum atomic E-state index is 6.84. The van der Waals surface area contributed by atoms with Crippen LogP contribution in [0.25, 0.3) is 0 Å². The number of ether oxygens (including phenoxy) is 5. The van der Waals surface area contributed by atoms with Crippen molar-refractivity contribution >= 4 is 0 Å². The van der Waals surface area contributed by atoms with Gasteiger partial charge in [0, 0.05) is 24.2 Å². The Bertz CT molecular complexity index is 1700. The average molecular weight is 563 g/mol. The third kappa shape index (κ3) is 4.18. The Kier molecular flexibility index (Phi) is 6.05. The lowest BCUT2D eigenvalue weighted by molar-refractivity contribution is 0.227. The second-order valence-corrected chi connectivity index (χ2v) is 11.7. The Morgan fingerprint density at radius 2 is 1.52 bits per heavy atom. The molecule has 7 nitrogen and oxygen atoms in total. The number of likely N-dealkylation sites (N-methyl/N-ethyl adjacent to an activating group) is 1. The molecule has 0 aliphatic carbocycles. The molecule has 7 heteroatoms. The Morgan fingerprint density at radius 1 is 0.738 bits per heavy atom. The van der Waals surface area contributed by atoms with E-state index in [1.54, 1.807) is 14.2 Å². The Hall–Kier alpha value is -4.20. The van der Waals surface area contributed by atoms with Gasteiger partial charge in [-0.15, -0.1) is 0 Å². The van der Waals surface area contributed by atoms with Crippen LogP contribution in [-0.2, 0) is 25.7 Å². The van der Waals surface area contributed by atoms with Gasteiger partial charge in [-0.1, -0.05) is 18.2 Å². The van der Waals surface area contributed by atoms with E-state index in [1.807, 2.05) is 18.2 Å².